The second-order valence-corrected chi connectivity index (χ2v) is 7.37. The average molecular weight is 449 g/mol. The van der Waals surface area contributed by atoms with Gasteiger partial charge >= 0.3 is 12.0 Å². The van der Waals surface area contributed by atoms with Gasteiger partial charge in [0.1, 0.15) is 13.2 Å². The van der Waals surface area contributed by atoms with Gasteiger partial charge in [-0.2, -0.15) is 0 Å². The van der Waals surface area contributed by atoms with Crippen molar-refractivity contribution in [3.63, 3.8) is 0 Å². The topological polar surface area (TPSA) is 116 Å². The Balaban J connectivity index is 1.38. The first kappa shape index (κ1) is 22.1. The van der Waals surface area contributed by atoms with Crippen molar-refractivity contribution in [2.45, 2.75) is 20.3 Å². The molecule has 1 aliphatic rings. The van der Waals surface area contributed by atoms with E-state index < -0.39 is 24.5 Å². The van der Waals surface area contributed by atoms with Crippen LogP contribution in [-0.4, -0.2) is 42.7 Å². The van der Waals surface area contributed by atoms with Gasteiger partial charge in [0.05, 0.1) is 11.1 Å². The predicted molar refractivity (Wildman–Crippen MR) is 121 cm³/mol. The summed E-state index contributed by atoms with van der Waals surface area (Å²) in [5.74, 6) is -0.320. The number of nitrogens with one attached hydrogen (secondary N) is 2. The molecule has 0 atom stereocenters. The number of fused-ring (bicyclic) bond motifs is 2. The lowest BCUT2D eigenvalue weighted by Gasteiger charge is -2.19. The molecular weight excluding hydrogens is 426 g/mol. The molecule has 0 saturated carbocycles. The highest BCUT2D eigenvalue weighted by Gasteiger charge is 2.20. The van der Waals surface area contributed by atoms with Crippen molar-refractivity contribution in [2.75, 3.05) is 25.1 Å². The lowest BCUT2D eigenvalue weighted by atomic mass is 10.0. The summed E-state index contributed by atoms with van der Waals surface area (Å²) in [7, 11) is 0. The molecule has 3 aromatic rings. The maximum absolute atomic E-state index is 12.8. The summed E-state index contributed by atoms with van der Waals surface area (Å²) in [6.07, 6.45) is 0.650. The lowest BCUT2D eigenvalue weighted by Crippen LogP contribution is -2.37. The number of rotatable bonds is 5. The van der Waals surface area contributed by atoms with Gasteiger partial charge in [0, 0.05) is 22.8 Å². The van der Waals surface area contributed by atoms with E-state index in [-0.39, 0.29) is 0 Å². The number of hydrogen-bond acceptors (Lipinski definition) is 7. The number of para-hydroxylation sites is 1. The van der Waals surface area contributed by atoms with E-state index >= 15 is 0 Å². The van der Waals surface area contributed by atoms with Gasteiger partial charge in [-0.25, -0.2) is 9.59 Å². The Bertz CT molecular complexity index is 1240. The Labute approximate surface area is 190 Å². The van der Waals surface area contributed by atoms with Crippen LogP contribution in [0.25, 0.3) is 10.9 Å². The van der Waals surface area contributed by atoms with Crippen LogP contribution in [0.5, 0.6) is 11.5 Å². The molecule has 4 rings (SSSR count). The first-order chi connectivity index (χ1) is 16.0. The fraction of sp³-hybridized carbons (Fsp3) is 0.250. The van der Waals surface area contributed by atoms with Crippen molar-refractivity contribution in [2.24, 2.45) is 0 Å². The van der Waals surface area contributed by atoms with Crippen LogP contribution in [0, 0.1) is 6.92 Å². The maximum atomic E-state index is 12.8. The van der Waals surface area contributed by atoms with Crippen molar-refractivity contribution in [3.8, 4) is 11.5 Å². The molecule has 3 amide bonds. The number of imide groups is 1. The minimum atomic E-state index is -0.759. The van der Waals surface area contributed by atoms with E-state index in [1.54, 1.807) is 37.3 Å². The van der Waals surface area contributed by atoms with Crippen molar-refractivity contribution in [1.29, 1.82) is 0 Å². The highest BCUT2D eigenvalue weighted by molar-refractivity contribution is 6.06. The molecule has 33 heavy (non-hydrogen) atoms. The maximum Gasteiger partial charge on any atom is 0.339 e. The third-order valence-corrected chi connectivity index (χ3v) is 5.16. The molecule has 9 heteroatoms. The van der Waals surface area contributed by atoms with Crippen LogP contribution in [0.4, 0.5) is 10.5 Å². The predicted octanol–water partition coefficient (Wildman–Crippen LogP) is 3.38. The summed E-state index contributed by atoms with van der Waals surface area (Å²) in [6, 6.07) is 11.4. The molecule has 1 aliphatic heterocycles. The van der Waals surface area contributed by atoms with Crippen LogP contribution in [-0.2, 0) is 16.0 Å². The summed E-state index contributed by atoms with van der Waals surface area (Å²) in [5.41, 5.74) is 2.95. The normalized spacial score (nSPS) is 12.2. The van der Waals surface area contributed by atoms with E-state index in [4.69, 9.17) is 14.2 Å². The zero-order valence-corrected chi connectivity index (χ0v) is 18.3. The summed E-state index contributed by atoms with van der Waals surface area (Å²) in [6.45, 7) is 4.02. The van der Waals surface area contributed by atoms with Gasteiger partial charge in [0.15, 0.2) is 18.1 Å². The first-order valence-electron chi connectivity index (χ1n) is 10.5. The summed E-state index contributed by atoms with van der Waals surface area (Å²) < 4.78 is 16.1. The second kappa shape index (κ2) is 9.56. The molecule has 0 aliphatic carbocycles. The van der Waals surface area contributed by atoms with Gasteiger partial charge in [-0.1, -0.05) is 25.1 Å². The Kier molecular flexibility index (Phi) is 6.39. The number of anilines is 1. The van der Waals surface area contributed by atoms with Crippen molar-refractivity contribution >= 4 is 34.5 Å². The molecule has 2 N–H and O–H groups in total. The molecule has 2 heterocycles. The Hall–Kier alpha value is -4.14. The molecule has 170 valence electrons. The van der Waals surface area contributed by atoms with Gasteiger partial charge in [0.2, 0.25) is 0 Å². The smallest absolute Gasteiger partial charge is 0.339 e. The first-order valence-corrected chi connectivity index (χ1v) is 10.5. The van der Waals surface area contributed by atoms with Gasteiger partial charge in [-0.05, 0) is 37.1 Å². The van der Waals surface area contributed by atoms with Crippen LogP contribution in [0.2, 0.25) is 0 Å². The van der Waals surface area contributed by atoms with Gasteiger partial charge in [0.25, 0.3) is 5.91 Å². The molecule has 1 aromatic heterocycles. The van der Waals surface area contributed by atoms with Crippen molar-refractivity contribution in [1.82, 2.24) is 10.3 Å². The molecule has 9 nitrogen and oxygen atoms in total. The quantitative estimate of drug-likeness (QED) is 0.574. The zero-order valence-electron chi connectivity index (χ0n) is 18.3. The molecule has 0 spiro atoms. The van der Waals surface area contributed by atoms with Crippen molar-refractivity contribution in [3.05, 3.63) is 59.3 Å². The zero-order chi connectivity index (χ0) is 23.4. The number of carbonyl (C=O) groups excluding carboxylic acids is 3. The van der Waals surface area contributed by atoms with Crippen LogP contribution in [0.3, 0.4) is 0 Å². The third-order valence-electron chi connectivity index (χ3n) is 5.16. The highest BCUT2D eigenvalue weighted by Crippen LogP contribution is 2.32. The minimum absolute atomic E-state index is 0.367. The Morgan fingerprint density at radius 2 is 1.82 bits per heavy atom. The highest BCUT2D eigenvalue weighted by atomic mass is 16.6. The number of urea groups is 1. The summed E-state index contributed by atoms with van der Waals surface area (Å²) in [4.78, 5) is 41.7. The Morgan fingerprint density at radius 3 is 2.61 bits per heavy atom. The lowest BCUT2D eigenvalue weighted by molar-refractivity contribution is -0.123. The fourth-order valence-corrected chi connectivity index (χ4v) is 3.61. The number of aryl methyl sites for hydroxylation is 1. The SMILES string of the molecule is CCc1nc2ccccc2c(C(=O)OCC(=O)NC(=O)Nc2ccc3c(c2)OCCO3)c1C. The van der Waals surface area contributed by atoms with Gasteiger partial charge in [-0.15, -0.1) is 0 Å². The number of ether oxygens (including phenoxy) is 3. The summed E-state index contributed by atoms with van der Waals surface area (Å²) in [5, 5.41) is 5.32. The minimum Gasteiger partial charge on any atom is -0.486 e. The van der Waals surface area contributed by atoms with Crippen LogP contribution < -0.4 is 20.1 Å². The molecule has 0 radical (unpaired) electrons. The number of nitrogens with zero attached hydrogens (tertiary/aromatic N) is 1. The third kappa shape index (κ3) is 4.87. The largest absolute Gasteiger partial charge is 0.486 e. The number of aromatic nitrogens is 1. The summed E-state index contributed by atoms with van der Waals surface area (Å²) >= 11 is 0. The number of hydrogen-bond donors (Lipinski definition) is 2. The van der Waals surface area contributed by atoms with Gasteiger partial charge in [-0.3, -0.25) is 15.1 Å². The van der Waals surface area contributed by atoms with Crippen LogP contribution in [0.1, 0.15) is 28.5 Å². The van der Waals surface area contributed by atoms with E-state index in [1.165, 1.54) is 0 Å². The number of carbonyl (C=O) groups is 3. The number of amides is 3. The standard InChI is InChI=1S/C24H23N3O6/c1-3-17-14(2)22(16-6-4-5-7-18(16)26-17)23(29)33-13-21(28)27-24(30)25-15-8-9-19-20(12-15)32-11-10-31-19/h4-9,12H,3,10-11,13H2,1-2H3,(H2,25,27,28,30). The molecule has 2 aromatic carbocycles. The van der Waals surface area contributed by atoms with Crippen LogP contribution >= 0.6 is 0 Å². The molecule has 0 bridgehead atoms. The van der Waals surface area contributed by atoms with E-state index in [0.717, 1.165) is 5.69 Å². The molecule has 0 fully saturated rings. The molecular formula is C24H23N3O6. The number of benzene rings is 2. The number of esters is 1. The average Bonchev–Trinajstić information content (AvgIpc) is 2.82. The van der Waals surface area contributed by atoms with E-state index in [1.807, 2.05) is 19.1 Å². The Morgan fingerprint density at radius 1 is 1.06 bits per heavy atom. The second-order valence-electron chi connectivity index (χ2n) is 7.37. The van der Waals surface area contributed by atoms with Crippen molar-refractivity contribution < 1.29 is 28.6 Å². The molecule has 0 saturated heterocycles. The van der Waals surface area contributed by atoms with Gasteiger partial charge < -0.3 is 19.5 Å². The number of pyridine rings is 1. The van der Waals surface area contributed by atoms with E-state index in [0.29, 0.717) is 58.9 Å². The van der Waals surface area contributed by atoms with E-state index in [2.05, 4.69) is 15.6 Å². The monoisotopic (exact) mass is 449 g/mol. The van der Waals surface area contributed by atoms with Crippen LogP contribution in [0.15, 0.2) is 42.5 Å². The van der Waals surface area contributed by atoms with E-state index in [9.17, 15) is 14.4 Å². The molecule has 0 unspecified atom stereocenters. The fourth-order valence-electron chi connectivity index (χ4n) is 3.61.